The van der Waals surface area contributed by atoms with Crippen molar-refractivity contribution >= 4 is 5.97 Å². The van der Waals surface area contributed by atoms with Gasteiger partial charge in [0.25, 0.3) is 0 Å². The third kappa shape index (κ3) is 9.35. The Kier molecular flexibility index (Phi) is 8.41. The molecule has 0 radical (unpaired) electrons. The first kappa shape index (κ1) is 19.4. The van der Waals surface area contributed by atoms with Gasteiger partial charge < -0.3 is 4.74 Å². The van der Waals surface area contributed by atoms with Crippen LogP contribution in [0.3, 0.4) is 0 Å². The van der Waals surface area contributed by atoms with Crippen molar-refractivity contribution in [2.75, 3.05) is 13.1 Å². The van der Waals surface area contributed by atoms with Crippen molar-refractivity contribution in [1.82, 2.24) is 4.90 Å². The molecule has 120 valence electrons. The average Bonchev–Trinajstić information content (AvgIpc) is 2.25. The van der Waals surface area contributed by atoms with Crippen molar-refractivity contribution < 1.29 is 9.53 Å². The summed E-state index contributed by atoms with van der Waals surface area (Å²) in [4.78, 5) is 14.5. The van der Waals surface area contributed by atoms with E-state index < -0.39 is 5.60 Å². The van der Waals surface area contributed by atoms with E-state index in [1.807, 2.05) is 27.7 Å². The Morgan fingerprint density at radius 2 is 1.35 bits per heavy atom. The van der Waals surface area contributed by atoms with Gasteiger partial charge in [0.05, 0.1) is 0 Å². The van der Waals surface area contributed by atoms with Crippen LogP contribution < -0.4 is 0 Å². The number of nitrogens with zero attached hydrogens (tertiary/aromatic N) is 1. The minimum absolute atomic E-state index is 0.106. The summed E-state index contributed by atoms with van der Waals surface area (Å²) in [6.45, 7) is 18.5. The summed E-state index contributed by atoms with van der Waals surface area (Å²) >= 11 is 0. The molecule has 0 aromatic heterocycles. The third-order valence-corrected chi connectivity index (χ3v) is 3.28. The van der Waals surface area contributed by atoms with Crippen LogP contribution in [0.5, 0.6) is 0 Å². The summed E-state index contributed by atoms with van der Waals surface area (Å²) in [6, 6.07) is -0.160. The first-order valence-electron chi connectivity index (χ1n) is 7.99. The van der Waals surface area contributed by atoms with Crippen LogP contribution in [0.25, 0.3) is 0 Å². The van der Waals surface area contributed by atoms with Crippen LogP contribution >= 0.6 is 0 Å². The van der Waals surface area contributed by atoms with Gasteiger partial charge in [-0.2, -0.15) is 0 Å². The van der Waals surface area contributed by atoms with Gasteiger partial charge in [0.2, 0.25) is 0 Å². The summed E-state index contributed by atoms with van der Waals surface area (Å²) in [6.07, 6.45) is 2.23. The lowest BCUT2D eigenvalue weighted by Gasteiger charge is -2.31. The maximum atomic E-state index is 12.2. The normalized spacial score (nSPS) is 14.2. The smallest absolute Gasteiger partial charge is 0.323 e. The lowest BCUT2D eigenvalue weighted by molar-refractivity contribution is -0.160. The van der Waals surface area contributed by atoms with Gasteiger partial charge in [-0.05, 0) is 65.5 Å². The average molecular weight is 285 g/mol. The summed E-state index contributed by atoms with van der Waals surface area (Å²) in [5, 5.41) is 0. The van der Waals surface area contributed by atoms with E-state index in [1.54, 1.807) is 0 Å². The molecule has 0 bridgehead atoms. The molecule has 0 saturated heterocycles. The van der Waals surface area contributed by atoms with Gasteiger partial charge in [-0.15, -0.1) is 0 Å². The molecule has 0 aliphatic rings. The van der Waals surface area contributed by atoms with Crippen molar-refractivity contribution in [3.05, 3.63) is 0 Å². The molecular formula is C17H35NO2. The molecule has 1 unspecified atom stereocenters. The number of ether oxygens (including phenoxy) is 1. The molecule has 0 rings (SSSR count). The summed E-state index contributed by atoms with van der Waals surface area (Å²) < 4.78 is 5.51. The fraction of sp³-hybridized carbons (Fsp3) is 0.941. The maximum Gasteiger partial charge on any atom is 0.323 e. The topological polar surface area (TPSA) is 29.5 Å². The molecule has 0 fully saturated rings. The first-order valence-corrected chi connectivity index (χ1v) is 7.99. The van der Waals surface area contributed by atoms with Crippen molar-refractivity contribution in [2.45, 2.75) is 79.9 Å². The molecule has 0 N–H and O–H groups in total. The number of carbonyl (C=O) groups excluding carboxylic acids is 1. The Balaban J connectivity index is 4.59. The molecule has 0 amide bonds. The monoisotopic (exact) mass is 285 g/mol. The number of rotatable bonds is 8. The van der Waals surface area contributed by atoms with E-state index in [-0.39, 0.29) is 12.0 Å². The van der Waals surface area contributed by atoms with E-state index in [0.29, 0.717) is 11.8 Å². The van der Waals surface area contributed by atoms with E-state index >= 15 is 0 Å². The fourth-order valence-electron chi connectivity index (χ4n) is 1.88. The third-order valence-electron chi connectivity index (χ3n) is 3.28. The molecular weight excluding hydrogens is 250 g/mol. The van der Waals surface area contributed by atoms with E-state index in [2.05, 4.69) is 32.6 Å². The summed E-state index contributed by atoms with van der Waals surface area (Å²) in [5.74, 6) is 1.20. The minimum Gasteiger partial charge on any atom is -0.459 e. The van der Waals surface area contributed by atoms with Gasteiger partial charge in [0, 0.05) is 0 Å². The van der Waals surface area contributed by atoms with Gasteiger partial charge in [0.1, 0.15) is 11.6 Å². The van der Waals surface area contributed by atoms with Gasteiger partial charge in [-0.25, -0.2) is 0 Å². The quantitative estimate of drug-likeness (QED) is 0.629. The molecule has 0 aromatic carbocycles. The molecule has 0 aliphatic carbocycles. The number of hydrogen-bond donors (Lipinski definition) is 0. The van der Waals surface area contributed by atoms with Gasteiger partial charge in [-0.3, -0.25) is 9.69 Å². The van der Waals surface area contributed by atoms with E-state index in [9.17, 15) is 4.79 Å². The van der Waals surface area contributed by atoms with Crippen LogP contribution in [-0.4, -0.2) is 35.6 Å². The Morgan fingerprint density at radius 3 is 1.65 bits per heavy atom. The zero-order valence-electron chi connectivity index (χ0n) is 14.8. The summed E-state index contributed by atoms with van der Waals surface area (Å²) in [5.41, 5.74) is -0.410. The van der Waals surface area contributed by atoms with Crippen LogP contribution in [0.4, 0.5) is 0 Å². The van der Waals surface area contributed by atoms with Gasteiger partial charge in [-0.1, -0.05) is 27.7 Å². The molecule has 0 aliphatic heterocycles. The highest BCUT2D eigenvalue weighted by Gasteiger charge is 2.26. The molecule has 3 nitrogen and oxygen atoms in total. The number of carbonyl (C=O) groups is 1. The van der Waals surface area contributed by atoms with Crippen LogP contribution in [-0.2, 0) is 9.53 Å². The molecule has 20 heavy (non-hydrogen) atoms. The minimum atomic E-state index is -0.410. The van der Waals surface area contributed by atoms with Crippen molar-refractivity contribution in [2.24, 2.45) is 11.8 Å². The largest absolute Gasteiger partial charge is 0.459 e. The predicted octanol–water partition coefficient (Wildman–Crippen LogP) is 4.11. The SMILES string of the molecule is CC(C)CCN(CCC(C)C)C(C)C(=O)OC(C)(C)C. The van der Waals surface area contributed by atoms with Gasteiger partial charge in [0.15, 0.2) is 0 Å². The predicted molar refractivity (Wildman–Crippen MR) is 85.8 cm³/mol. The molecule has 1 atom stereocenters. The second-order valence-electron chi connectivity index (χ2n) is 7.61. The maximum absolute atomic E-state index is 12.2. The van der Waals surface area contributed by atoms with Crippen LogP contribution in [0.15, 0.2) is 0 Å². The number of hydrogen-bond acceptors (Lipinski definition) is 3. The highest BCUT2D eigenvalue weighted by Crippen LogP contribution is 2.14. The zero-order valence-corrected chi connectivity index (χ0v) is 14.8. The van der Waals surface area contributed by atoms with Crippen molar-refractivity contribution in [3.63, 3.8) is 0 Å². The summed E-state index contributed by atoms with van der Waals surface area (Å²) in [7, 11) is 0. The molecule has 0 heterocycles. The second-order valence-corrected chi connectivity index (χ2v) is 7.61. The second kappa shape index (κ2) is 8.66. The zero-order chi connectivity index (χ0) is 15.9. The molecule has 3 heteroatoms. The Labute approximate surface area is 126 Å². The fourth-order valence-corrected chi connectivity index (χ4v) is 1.88. The van der Waals surface area contributed by atoms with Crippen LogP contribution in [0.2, 0.25) is 0 Å². The Morgan fingerprint density at radius 1 is 0.950 bits per heavy atom. The Hall–Kier alpha value is -0.570. The number of esters is 1. The molecule has 0 aromatic rings. The van der Waals surface area contributed by atoms with Crippen LogP contribution in [0.1, 0.15) is 68.2 Å². The highest BCUT2D eigenvalue weighted by molar-refractivity contribution is 5.75. The highest BCUT2D eigenvalue weighted by atomic mass is 16.6. The van der Waals surface area contributed by atoms with Crippen LogP contribution in [0, 0.1) is 11.8 Å². The van der Waals surface area contributed by atoms with Gasteiger partial charge >= 0.3 is 5.97 Å². The first-order chi connectivity index (χ1) is 9.03. The van der Waals surface area contributed by atoms with E-state index in [4.69, 9.17) is 4.74 Å². The van der Waals surface area contributed by atoms with Crippen molar-refractivity contribution in [3.8, 4) is 0 Å². The standard InChI is InChI=1S/C17H35NO2/c1-13(2)9-11-18(12-10-14(3)4)15(5)16(19)20-17(6,7)8/h13-15H,9-12H2,1-8H3. The lowest BCUT2D eigenvalue weighted by Crippen LogP contribution is -2.44. The van der Waals surface area contributed by atoms with E-state index in [0.717, 1.165) is 25.9 Å². The van der Waals surface area contributed by atoms with E-state index in [1.165, 1.54) is 0 Å². The molecule has 0 spiro atoms. The lowest BCUT2D eigenvalue weighted by atomic mass is 10.1. The van der Waals surface area contributed by atoms with Crippen molar-refractivity contribution in [1.29, 1.82) is 0 Å². The Bertz CT molecular complexity index is 267. The molecule has 0 saturated carbocycles.